The van der Waals surface area contributed by atoms with Gasteiger partial charge in [0.2, 0.25) is 5.92 Å². The normalized spacial score (nSPS) is 14.1. The molecule has 0 aliphatic heterocycles. The maximum Gasteiger partial charge on any atom is 0.249 e. The van der Waals surface area contributed by atoms with E-state index >= 15 is 0 Å². The van der Waals surface area contributed by atoms with Gasteiger partial charge in [-0.2, -0.15) is 16.0 Å². The molecule has 2 aromatic heterocycles. The van der Waals surface area contributed by atoms with Crippen molar-refractivity contribution in [3.05, 3.63) is 55.4 Å². The molecule has 2 atom stereocenters. The van der Waals surface area contributed by atoms with Gasteiger partial charge >= 0.3 is 0 Å². The Bertz CT molecular complexity index is 988. The number of aryl methyl sites for hydroxylation is 3. The summed E-state index contributed by atoms with van der Waals surface area (Å²) in [4.78, 5) is 0. The minimum Gasteiger partial charge on any atom is -0.303 e. The molecule has 0 fully saturated rings. The molecule has 0 amide bonds. The predicted octanol–water partition coefficient (Wildman–Crippen LogP) is 5.77. The van der Waals surface area contributed by atoms with Crippen LogP contribution in [0.5, 0.6) is 0 Å². The highest BCUT2D eigenvalue weighted by Crippen LogP contribution is 2.34. The zero-order valence-corrected chi connectivity index (χ0v) is 20.1. The number of hydrogen-bond acceptors (Lipinski definition) is 5. The second-order valence-corrected chi connectivity index (χ2v) is 9.37. The molecule has 2 unspecified atom stereocenters. The minimum absolute atomic E-state index is 0.145. The Morgan fingerprint density at radius 3 is 2.40 bits per heavy atom. The van der Waals surface area contributed by atoms with E-state index in [-0.39, 0.29) is 6.54 Å². The van der Waals surface area contributed by atoms with Crippen molar-refractivity contribution >= 4 is 27.3 Å². The molecule has 162 valence electrons. The van der Waals surface area contributed by atoms with Crippen molar-refractivity contribution in [2.75, 3.05) is 6.54 Å². The highest BCUT2D eigenvalue weighted by atomic mass is 79.9. The Morgan fingerprint density at radius 1 is 1.20 bits per heavy atom. The Labute approximate surface area is 188 Å². The summed E-state index contributed by atoms with van der Waals surface area (Å²) < 4.78 is 30.6. The Morgan fingerprint density at radius 2 is 1.87 bits per heavy atom. The second kappa shape index (κ2) is 9.20. The van der Waals surface area contributed by atoms with Gasteiger partial charge in [-0.25, -0.2) is 8.78 Å². The van der Waals surface area contributed by atoms with Gasteiger partial charge in [-0.1, -0.05) is 24.6 Å². The van der Waals surface area contributed by atoms with Crippen LogP contribution >= 0.6 is 27.3 Å². The Balaban J connectivity index is 2.05. The van der Waals surface area contributed by atoms with Crippen LogP contribution in [0.4, 0.5) is 8.78 Å². The van der Waals surface area contributed by atoms with Gasteiger partial charge in [0.05, 0.1) is 11.7 Å². The molecule has 9 heteroatoms. The summed E-state index contributed by atoms with van der Waals surface area (Å²) in [6.07, 6.45) is 0.370. The lowest BCUT2D eigenvalue weighted by Crippen LogP contribution is -2.37. The average molecular weight is 498 g/mol. The van der Waals surface area contributed by atoms with Gasteiger partial charge < -0.3 is 5.32 Å². The van der Waals surface area contributed by atoms with Crippen LogP contribution in [0.1, 0.15) is 54.4 Å². The summed E-state index contributed by atoms with van der Waals surface area (Å²) >= 11 is 5.11. The molecule has 0 saturated heterocycles. The maximum absolute atomic E-state index is 14.0. The van der Waals surface area contributed by atoms with Gasteiger partial charge in [-0.3, -0.25) is 0 Å². The number of benzene rings is 1. The van der Waals surface area contributed by atoms with Crippen LogP contribution in [-0.4, -0.2) is 32.7 Å². The second-order valence-electron chi connectivity index (χ2n) is 7.77. The molecule has 30 heavy (non-hydrogen) atoms. The molecule has 0 spiro atoms. The van der Waals surface area contributed by atoms with Gasteiger partial charge in [0.15, 0.2) is 5.82 Å². The van der Waals surface area contributed by atoms with Crippen LogP contribution in [0, 0.1) is 26.7 Å². The number of aromatic nitrogens is 4. The summed E-state index contributed by atoms with van der Waals surface area (Å²) in [5.41, 5.74) is 5.10. The highest BCUT2D eigenvalue weighted by molar-refractivity contribution is 9.10. The molecule has 3 rings (SSSR count). The average Bonchev–Trinajstić information content (AvgIpc) is 3.26. The van der Waals surface area contributed by atoms with Crippen molar-refractivity contribution in [1.29, 1.82) is 0 Å². The van der Waals surface area contributed by atoms with Crippen molar-refractivity contribution in [2.24, 2.45) is 5.92 Å². The van der Waals surface area contributed by atoms with Gasteiger partial charge in [-0.15, -0.1) is 5.10 Å². The van der Waals surface area contributed by atoms with Crippen LogP contribution in [0.2, 0.25) is 0 Å². The third-order valence-corrected chi connectivity index (χ3v) is 7.08. The van der Waals surface area contributed by atoms with Crippen LogP contribution in [0.25, 0.3) is 5.69 Å². The van der Waals surface area contributed by atoms with E-state index < -0.39 is 17.9 Å². The highest BCUT2D eigenvalue weighted by Gasteiger charge is 2.34. The van der Waals surface area contributed by atoms with Crippen LogP contribution in [0.15, 0.2) is 27.4 Å². The van der Waals surface area contributed by atoms with Gasteiger partial charge in [-0.05, 0) is 77.0 Å². The van der Waals surface area contributed by atoms with Gasteiger partial charge in [0.25, 0.3) is 0 Å². The fraction of sp³-hybridized carbons (Fsp3) is 0.476. The number of alkyl halides is 2. The van der Waals surface area contributed by atoms with Gasteiger partial charge in [0.1, 0.15) is 0 Å². The lowest BCUT2D eigenvalue weighted by molar-refractivity contribution is -0.0408. The first-order chi connectivity index (χ1) is 14.1. The van der Waals surface area contributed by atoms with Crippen LogP contribution in [0.3, 0.4) is 0 Å². The predicted molar refractivity (Wildman–Crippen MR) is 120 cm³/mol. The quantitative estimate of drug-likeness (QED) is 0.428. The number of tetrazole rings is 1. The molecule has 1 aromatic carbocycles. The number of hydrogen-bond donors (Lipinski definition) is 1. The summed E-state index contributed by atoms with van der Waals surface area (Å²) in [5.74, 6) is -2.99. The van der Waals surface area contributed by atoms with E-state index in [4.69, 9.17) is 0 Å². The third kappa shape index (κ3) is 4.78. The first kappa shape index (κ1) is 23.0. The van der Waals surface area contributed by atoms with E-state index in [1.165, 1.54) is 11.3 Å². The largest absolute Gasteiger partial charge is 0.303 e. The number of halogens is 3. The number of nitrogens with zero attached hydrogens (tertiary/aromatic N) is 4. The zero-order chi connectivity index (χ0) is 22.1. The number of rotatable bonds is 8. The zero-order valence-electron chi connectivity index (χ0n) is 17.7. The summed E-state index contributed by atoms with van der Waals surface area (Å²) in [7, 11) is 0. The van der Waals surface area contributed by atoms with Crippen molar-refractivity contribution in [3.8, 4) is 5.69 Å². The summed E-state index contributed by atoms with van der Waals surface area (Å²) in [6.45, 7) is 8.99. The smallest absolute Gasteiger partial charge is 0.249 e. The number of nitrogens with one attached hydrogen (secondary N) is 1. The standard InChI is InChI=1S/C21H26BrF2N5S/c1-6-15(21(5,23)24)9-25-18(16-10-30-11-17(16)22)20-26-27-28-29(20)19-13(3)7-12(2)8-14(19)4/h7-8,10-11,15,18,25H,6,9H2,1-5H3. The Kier molecular flexibility index (Phi) is 7.04. The Hall–Kier alpha value is -1.71. The molecule has 0 aliphatic rings. The molecule has 0 saturated carbocycles. The molecular formula is C21H26BrF2N5S. The number of thiophene rings is 1. The van der Waals surface area contributed by atoms with Crippen LogP contribution < -0.4 is 5.32 Å². The van der Waals surface area contributed by atoms with E-state index in [1.807, 2.05) is 31.5 Å². The van der Waals surface area contributed by atoms with Crippen molar-refractivity contribution in [2.45, 2.75) is 53.0 Å². The lowest BCUT2D eigenvalue weighted by atomic mass is 9.98. The van der Waals surface area contributed by atoms with Crippen molar-refractivity contribution in [1.82, 2.24) is 25.5 Å². The molecule has 0 aliphatic carbocycles. The van der Waals surface area contributed by atoms with E-state index in [2.05, 4.69) is 48.9 Å². The van der Waals surface area contributed by atoms with E-state index in [0.717, 1.165) is 39.3 Å². The third-order valence-electron chi connectivity index (χ3n) is 5.33. The summed E-state index contributed by atoms with van der Waals surface area (Å²) in [6, 6.07) is 3.74. The van der Waals surface area contributed by atoms with Crippen LogP contribution in [-0.2, 0) is 0 Å². The maximum atomic E-state index is 14.0. The molecule has 0 radical (unpaired) electrons. The van der Waals surface area contributed by atoms with E-state index in [9.17, 15) is 8.78 Å². The van der Waals surface area contributed by atoms with E-state index in [0.29, 0.717) is 12.2 Å². The molecule has 3 aromatic rings. The van der Waals surface area contributed by atoms with Crippen molar-refractivity contribution < 1.29 is 8.78 Å². The minimum atomic E-state index is -2.77. The lowest BCUT2D eigenvalue weighted by Gasteiger charge is -2.26. The first-order valence-corrected chi connectivity index (χ1v) is 11.6. The molecule has 1 N–H and O–H groups in total. The van der Waals surface area contributed by atoms with Gasteiger partial charge in [0, 0.05) is 27.9 Å². The summed E-state index contributed by atoms with van der Waals surface area (Å²) in [5, 5.41) is 19.7. The molecular weight excluding hydrogens is 472 g/mol. The fourth-order valence-corrected chi connectivity index (χ4v) is 5.37. The molecule has 0 bridgehead atoms. The first-order valence-electron chi connectivity index (χ1n) is 9.82. The van der Waals surface area contributed by atoms with Crippen molar-refractivity contribution in [3.63, 3.8) is 0 Å². The van der Waals surface area contributed by atoms with E-state index in [1.54, 1.807) is 11.6 Å². The fourth-order valence-electron chi connectivity index (χ4n) is 3.82. The topological polar surface area (TPSA) is 55.6 Å². The monoisotopic (exact) mass is 497 g/mol. The molecule has 2 heterocycles. The molecule has 5 nitrogen and oxygen atoms in total. The SMILES string of the molecule is CCC(CNC(c1cscc1Br)c1nnnn1-c1c(C)cc(C)cc1C)C(C)(F)F.